The van der Waals surface area contributed by atoms with Crippen LogP contribution in [0.2, 0.25) is 0 Å². The Bertz CT molecular complexity index is 385. The van der Waals surface area contributed by atoms with E-state index in [9.17, 15) is 8.42 Å². The Morgan fingerprint density at radius 1 is 1.15 bits per heavy atom. The van der Waals surface area contributed by atoms with E-state index < -0.39 is 10.2 Å². The highest BCUT2D eigenvalue weighted by molar-refractivity contribution is 7.86. The van der Waals surface area contributed by atoms with E-state index >= 15 is 0 Å². The fraction of sp³-hybridized carbons (Fsp3) is 1.00. The molecule has 1 saturated heterocycles. The second-order valence-electron chi connectivity index (χ2n) is 5.78. The SMILES string of the molecule is CNCC1CCCN1S(=O)(=O)N(C)C1CCCCC1.Cl. The van der Waals surface area contributed by atoms with E-state index in [0.717, 1.165) is 45.1 Å². The molecule has 0 spiro atoms. The number of halogens is 1. The lowest BCUT2D eigenvalue weighted by molar-refractivity contribution is 0.258. The van der Waals surface area contributed by atoms with Gasteiger partial charge in [-0.3, -0.25) is 0 Å². The van der Waals surface area contributed by atoms with Crippen molar-refractivity contribution in [3.63, 3.8) is 0 Å². The van der Waals surface area contributed by atoms with Crippen LogP contribution in [0, 0.1) is 0 Å². The van der Waals surface area contributed by atoms with Crippen LogP contribution >= 0.6 is 12.4 Å². The molecular formula is C13H28ClN3O2S. The molecule has 0 aromatic heterocycles. The number of rotatable bonds is 5. The Hall–Kier alpha value is 0.120. The highest BCUT2D eigenvalue weighted by Crippen LogP contribution is 2.28. The summed E-state index contributed by atoms with van der Waals surface area (Å²) in [7, 11) is 0.364. The quantitative estimate of drug-likeness (QED) is 0.835. The van der Waals surface area contributed by atoms with Gasteiger partial charge in [-0.25, -0.2) is 0 Å². The van der Waals surface area contributed by atoms with Crippen LogP contribution in [-0.4, -0.2) is 56.3 Å². The third-order valence-corrected chi connectivity index (χ3v) is 6.61. The molecule has 0 aromatic rings. The molecule has 2 aliphatic rings. The molecule has 5 nitrogen and oxygen atoms in total. The summed E-state index contributed by atoms with van der Waals surface area (Å²) in [5, 5.41) is 3.11. The second-order valence-corrected chi connectivity index (χ2v) is 7.72. The minimum atomic E-state index is -3.28. The molecule has 2 fully saturated rings. The lowest BCUT2D eigenvalue weighted by Crippen LogP contribution is -2.50. The first-order valence-electron chi connectivity index (χ1n) is 7.46. The number of hydrogen-bond acceptors (Lipinski definition) is 3. The smallest absolute Gasteiger partial charge is 0.282 e. The summed E-state index contributed by atoms with van der Waals surface area (Å²) < 4.78 is 28.8. The van der Waals surface area contributed by atoms with Crippen molar-refractivity contribution in [2.24, 2.45) is 0 Å². The molecule has 0 bridgehead atoms. The molecular weight excluding hydrogens is 298 g/mol. The van der Waals surface area contributed by atoms with E-state index in [1.54, 1.807) is 15.7 Å². The van der Waals surface area contributed by atoms with Gasteiger partial charge in [0.15, 0.2) is 0 Å². The summed E-state index contributed by atoms with van der Waals surface area (Å²) in [4.78, 5) is 0. The monoisotopic (exact) mass is 325 g/mol. The maximum absolute atomic E-state index is 12.7. The number of hydrogen-bond donors (Lipinski definition) is 1. The molecule has 1 heterocycles. The van der Waals surface area contributed by atoms with Crippen molar-refractivity contribution >= 4 is 22.6 Å². The maximum Gasteiger partial charge on any atom is 0.282 e. The Balaban J connectivity index is 0.00000200. The highest BCUT2D eigenvalue weighted by Gasteiger charge is 2.38. The van der Waals surface area contributed by atoms with E-state index in [2.05, 4.69) is 5.32 Å². The van der Waals surface area contributed by atoms with Gasteiger partial charge in [0, 0.05) is 32.2 Å². The van der Waals surface area contributed by atoms with Crippen molar-refractivity contribution in [3.8, 4) is 0 Å². The minimum absolute atomic E-state index is 0. The second kappa shape index (κ2) is 7.94. The number of nitrogens with one attached hydrogen (secondary N) is 1. The zero-order valence-corrected chi connectivity index (χ0v) is 14.2. The Labute approximate surface area is 129 Å². The van der Waals surface area contributed by atoms with Gasteiger partial charge in [-0.2, -0.15) is 17.0 Å². The fourth-order valence-electron chi connectivity index (χ4n) is 3.35. The lowest BCUT2D eigenvalue weighted by Gasteiger charge is -2.35. The van der Waals surface area contributed by atoms with Gasteiger partial charge in [0.1, 0.15) is 0 Å². The van der Waals surface area contributed by atoms with Gasteiger partial charge in [0.05, 0.1) is 0 Å². The zero-order valence-electron chi connectivity index (χ0n) is 12.5. The summed E-state index contributed by atoms with van der Waals surface area (Å²) >= 11 is 0. The predicted octanol–water partition coefficient (Wildman–Crippen LogP) is 1.60. The van der Waals surface area contributed by atoms with Gasteiger partial charge < -0.3 is 5.32 Å². The first kappa shape index (κ1) is 18.2. The Kier molecular flexibility index (Phi) is 7.21. The molecule has 1 unspecified atom stereocenters. The molecule has 1 aliphatic heterocycles. The van der Waals surface area contributed by atoms with Crippen LogP contribution in [0.5, 0.6) is 0 Å². The van der Waals surface area contributed by atoms with Crippen molar-refractivity contribution in [2.75, 3.05) is 27.2 Å². The predicted molar refractivity (Wildman–Crippen MR) is 84.5 cm³/mol. The molecule has 2 rings (SSSR count). The molecule has 1 saturated carbocycles. The summed E-state index contributed by atoms with van der Waals surface area (Å²) in [6, 6.07) is 0.329. The van der Waals surface area contributed by atoms with Crippen LogP contribution in [0.4, 0.5) is 0 Å². The van der Waals surface area contributed by atoms with Crippen molar-refractivity contribution in [1.82, 2.24) is 13.9 Å². The first-order valence-corrected chi connectivity index (χ1v) is 8.86. The van der Waals surface area contributed by atoms with Crippen LogP contribution < -0.4 is 5.32 Å². The Morgan fingerprint density at radius 2 is 1.80 bits per heavy atom. The van der Waals surface area contributed by atoms with E-state index in [1.807, 2.05) is 7.05 Å². The van der Waals surface area contributed by atoms with Crippen molar-refractivity contribution in [2.45, 2.75) is 57.0 Å². The normalized spacial score (nSPS) is 25.9. The maximum atomic E-state index is 12.7. The van der Waals surface area contributed by atoms with Gasteiger partial charge in [-0.1, -0.05) is 19.3 Å². The van der Waals surface area contributed by atoms with Crippen LogP contribution in [0.3, 0.4) is 0 Å². The van der Waals surface area contributed by atoms with Gasteiger partial charge >= 0.3 is 0 Å². The third-order valence-electron chi connectivity index (χ3n) is 4.51. The van der Waals surface area contributed by atoms with Gasteiger partial charge in [-0.05, 0) is 32.7 Å². The van der Waals surface area contributed by atoms with Gasteiger partial charge in [-0.15, -0.1) is 12.4 Å². The van der Waals surface area contributed by atoms with Crippen LogP contribution in [-0.2, 0) is 10.2 Å². The number of likely N-dealkylation sites (N-methyl/N-ethyl adjacent to an activating group) is 1. The summed E-state index contributed by atoms with van der Waals surface area (Å²) in [5.74, 6) is 0. The molecule has 1 atom stereocenters. The van der Waals surface area contributed by atoms with Gasteiger partial charge in [0.25, 0.3) is 10.2 Å². The number of nitrogens with zero attached hydrogens (tertiary/aromatic N) is 2. The average molecular weight is 326 g/mol. The molecule has 1 aliphatic carbocycles. The van der Waals surface area contributed by atoms with Gasteiger partial charge in [0.2, 0.25) is 0 Å². The largest absolute Gasteiger partial charge is 0.318 e. The molecule has 20 heavy (non-hydrogen) atoms. The topological polar surface area (TPSA) is 52.7 Å². The summed E-state index contributed by atoms with van der Waals surface area (Å²) in [5.41, 5.74) is 0. The van der Waals surface area contributed by atoms with Crippen LogP contribution in [0.25, 0.3) is 0 Å². The molecule has 0 amide bonds. The fourth-order valence-corrected chi connectivity index (χ4v) is 5.19. The molecule has 7 heteroatoms. The first-order chi connectivity index (χ1) is 9.07. The Morgan fingerprint density at radius 3 is 2.40 bits per heavy atom. The molecule has 0 aromatic carbocycles. The van der Waals surface area contributed by atoms with Crippen molar-refractivity contribution < 1.29 is 8.42 Å². The summed E-state index contributed by atoms with van der Waals surface area (Å²) in [6.07, 6.45) is 7.54. The van der Waals surface area contributed by atoms with Crippen LogP contribution in [0.1, 0.15) is 44.9 Å². The highest BCUT2D eigenvalue weighted by atomic mass is 35.5. The molecule has 0 radical (unpaired) electrons. The van der Waals surface area contributed by atoms with E-state index in [4.69, 9.17) is 0 Å². The summed E-state index contributed by atoms with van der Waals surface area (Å²) in [6.45, 7) is 1.42. The van der Waals surface area contributed by atoms with E-state index in [1.165, 1.54) is 6.42 Å². The molecule has 1 N–H and O–H groups in total. The van der Waals surface area contributed by atoms with Crippen molar-refractivity contribution in [1.29, 1.82) is 0 Å². The third kappa shape index (κ3) is 3.85. The van der Waals surface area contributed by atoms with Crippen LogP contribution in [0.15, 0.2) is 0 Å². The van der Waals surface area contributed by atoms with E-state index in [-0.39, 0.29) is 24.5 Å². The minimum Gasteiger partial charge on any atom is -0.318 e. The standard InChI is InChI=1S/C13H27N3O2S.ClH/c1-14-11-13-9-6-10-16(13)19(17,18)15(2)12-7-4-3-5-8-12;/h12-14H,3-11H2,1-2H3;1H. The lowest BCUT2D eigenvalue weighted by atomic mass is 9.96. The van der Waals surface area contributed by atoms with E-state index in [0.29, 0.717) is 6.54 Å². The molecule has 120 valence electrons. The average Bonchev–Trinajstić information content (AvgIpc) is 2.88. The van der Waals surface area contributed by atoms with Crippen molar-refractivity contribution in [3.05, 3.63) is 0 Å². The zero-order chi connectivity index (χ0) is 13.9.